The van der Waals surface area contributed by atoms with Gasteiger partial charge in [-0.15, -0.1) is 0 Å². The van der Waals surface area contributed by atoms with E-state index in [9.17, 15) is 16.8 Å². The fraction of sp³-hybridized carbons (Fsp3) is 0.333. The molecular weight excluding hydrogens is 538 g/mol. The molecule has 12 heteroatoms. The number of anilines is 1. The second-order valence-electron chi connectivity index (χ2n) is 9.86. The van der Waals surface area contributed by atoms with Gasteiger partial charge in [-0.2, -0.15) is 0 Å². The highest BCUT2D eigenvalue weighted by molar-refractivity contribution is 8.08. The summed E-state index contributed by atoms with van der Waals surface area (Å²) in [5.41, 5.74) is 7.14. The molecule has 1 saturated heterocycles. The molecule has 208 valence electrons. The molecule has 39 heavy (non-hydrogen) atoms. The minimum absolute atomic E-state index is 0.00554. The maximum atomic E-state index is 13.3. The molecule has 1 fully saturated rings. The first kappa shape index (κ1) is 28.4. The number of hydrogen-bond acceptors (Lipinski definition) is 7. The van der Waals surface area contributed by atoms with E-state index in [1.54, 1.807) is 49.4 Å². The molecule has 0 atom stereocenters. The molecule has 0 aromatic heterocycles. The standard InChI is InChI=1S/C27H33N5O5S2/c1-19(28)31-13-11-26(12-14-31)37-25-9-7-24(8-10-25)32(39(35,36)18-38(2,33)34)17-20-3-4-21-5-6-22(27(29)30)16-23(21)15-20/h3-10,15-16,26,28H,11-14,17-18H2,1-2H3,(H3,29,30). The Morgan fingerprint density at radius 3 is 2.21 bits per heavy atom. The molecule has 0 bridgehead atoms. The molecule has 0 aliphatic carbocycles. The predicted molar refractivity (Wildman–Crippen MR) is 155 cm³/mol. The number of amidine groups is 2. The van der Waals surface area contributed by atoms with Crippen molar-refractivity contribution in [3.8, 4) is 5.75 Å². The number of benzene rings is 3. The number of piperidine rings is 1. The highest BCUT2D eigenvalue weighted by Gasteiger charge is 2.28. The molecular formula is C27H33N5O5S2. The Labute approximate surface area is 229 Å². The van der Waals surface area contributed by atoms with E-state index in [0.29, 0.717) is 28.4 Å². The van der Waals surface area contributed by atoms with E-state index < -0.39 is 24.9 Å². The molecule has 1 aliphatic heterocycles. The average molecular weight is 572 g/mol. The number of rotatable bonds is 9. The summed E-state index contributed by atoms with van der Waals surface area (Å²) in [5, 5.41) is 16.1. The van der Waals surface area contributed by atoms with Crippen LogP contribution < -0.4 is 14.8 Å². The lowest BCUT2D eigenvalue weighted by atomic mass is 10.0. The van der Waals surface area contributed by atoms with Crippen LogP contribution in [0.1, 0.15) is 30.9 Å². The monoisotopic (exact) mass is 571 g/mol. The van der Waals surface area contributed by atoms with Crippen molar-refractivity contribution in [3.05, 3.63) is 71.8 Å². The van der Waals surface area contributed by atoms with Crippen LogP contribution in [-0.2, 0) is 26.4 Å². The van der Waals surface area contributed by atoms with E-state index in [1.165, 1.54) is 0 Å². The maximum absolute atomic E-state index is 13.3. The van der Waals surface area contributed by atoms with E-state index in [-0.39, 0.29) is 18.5 Å². The summed E-state index contributed by atoms with van der Waals surface area (Å²) >= 11 is 0. The highest BCUT2D eigenvalue weighted by atomic mass is 32.3. The van der Waals surface area contributed by atoms with Crippen molar-refractivity contribution in [1.29, 1.82) is 10.8 Å². The Hall–Kier alpha value is -3.64. The zero-order valence-corrected chi connectivity index (χ0v) is 23.6. The summed E-state index contributed by atoms with van der Waals surface area (Å²) < 4.78 is 57.7. The van der Waals surface area contributed by atoms with Crippen molar-refractivity contribution >= 4 is 48.0 Å². The summed E-state index contributed by atoms with van der Waals surface area (Å²) in [6.07, 6.45) is 2.44. The van der Waals surface area contributed by atoms with Crippen molar-refractivity contribution in [3.63, 3.8) is 0 Å². The van der Waals surface area contributed by atoms with Gasteiger partial charge in [0.15, 0.2) is 14.9 Å². The Bertz CT molecular complexity index is 1600. The van der Waals surface area contributed by atoms with Gasteiger partial charge in [-0.1, -0.05) is 24.3 Å². The van der Waals surface area contributed by atoms with Crippen LogP contribution >= 0.6 is 0 Å². The third kappa shape index (κ3) is 7.27. The number of nitrogens with two attached hydrogens (primary N) is 1. The molecule has 10 nitrogen and oxygen atoms in total. The van der Waals surface area contributed by atoms with Gasteiger partial charge in [0.1, 0.15) is 17.7 Å². The second kappa shape index (κ2) is 11.2. The van der Waals surface area contributed by atoms with E-state index >= 15 is 0 Å². The van der Waals surface area contributed by atoms with Gasteiger partial charge in [-0.3, -0.25) is 15.1 Å². The van der Waals surface area contributed by atoms with Gasteiger partial charge in [0.2, 0.25) is 10.0 Å². The van der Waals surface area contributed by atoms with E-state index in [0.717, 1.165) is 47.3 Å². The quantitative estimate of drug-likeness (QED) is 0.263. The van der Waals surface area contributed by atoms with Gasteiger partial charge in [-0.05, 0) is 59.7 Å². The summed E-state index contributed by atoms with van der Waals surface area (Å²) in [7, 11) is -8.06. The SMILES string of the molecule is CC(=N)N1CCC(Oc2ccc(N(Cc3ccc4ccc(C(=N)N)cc4c3)S(=O)(=O)CS(C)(=O)=O)cc2)CC1. The summed E-state index contributed by atoms with van der Waals surface area (Å²) in [4.78, 5) is 2.00. The van der Waals surface area contributed by atoms with E-state index in [4.69, 9.17) is 21.3 Å². The van der Waals surface area contributed by atoms with Crippen molar-refractivity contribution in [1.82, 2.24) is 4.90 Å². The first-order valence-electron chi connectivity index (χ1n) is 12.4. The lowest BCUT2D eigenvalue weighted by Gasteiger charge is -2.33. The van der Waals surface area contributed by atoms with Gasteiger partial charge in [-0.25, -0.2) is 16.8 Å². The van der Waals surface area contributed by atoms with Crippen LogP contribution in [0.2, 0.25) is 0 Å². The predicted octanol–water partition coefficient (Wildman–Crippen LogP) is 3.30. The van der Waals surface area contributed by atoms with Crippen molar-refractivity contribution < 1.29 is 21.6 Å². The van der Waals surface area contributed by atoms with Crippen LogP contribution in [0.15, 0.2) is 60.7 Å². The van der Waals surface area contributed by atoms with Gasteiger partial charge >= 0.3 is 0 Å². The number of ether oxygens (including phenoxy) is 1. The minimum Gasteiger partial charge on any atom is -0.490 e. The average Bonchev–Trinajstić information content (AvgIpc) is 2.86. The minimum atomic E-state index is -4.24. The summed E-state index contributed by atoms with van der Waals surface area (Å²) in [6.45, 7) is 3.18. The molecule has 3 aromatic rings. The molecule has 0 unspecified atom stereocenters. The zero-order chi connectivity index (χ0) is 28.4. The van der Waals surface area contributed by atoms with E-state index in [1.807, 2.05) is 23.1 Å². The number of nitrogen functional groups attached to an aromatic ring is 1. The fourth-order valence-corrected chi connectivity index (χ4v) is 8.07. The molecule has 0 amide bonds. The van der Waals surface area contributed by atoms with Crippen LogP contribution in [0.3, 0.4) is 0 Å². The number of fused-ring (bicyclic) bond motifs is 1. The Balaban J connectivity index is 1.59. The Morgan fingerprint density at radius 1 is 0.974 bits per heavy atom. The third-order valence-electron chi connectivity index (χ3n) is 6.58. The summed E-state index contributed by atoms with van der Waals surface area (Å²) in [6, 6.07) is 17.4. The molecule has 1 aliphatic rings. The number of nitrogens with zero attached hydrogens (tertiary/aromatic N) is 2. The van der Waals surface area contributed by atoms with Gasteiger partial charge in [0.05, 0.1) is 18.1 Å². The first-order chi connectivity index (χ1) is 18.3. The lowest BCUT2D eigenvalue weighted by molar-refractivity contribution is 0.130. The molecule has 0 saturated carbocycles. The molecule has 0 radical (unpaired) electrons. The molecule has 4 N–H and O–H groups in total. The van der Waals surface area contributed by atoms with Gasteiger partial charge in [0, 0.05) is 37.8 Å². The van der Waals surface area contributed by atoms with Crippen LogP contribution in [0.25, 0.3) is 10.8 Å². The maximum Gasteiger partial charge on any atom is 0.249 e. The lowest BCUT2D eigenvalue weighted by Crippen LogP contribution is -2.40. The van der Waals surface area contributed by atoms with Crippen molar-refractivity contribution in [2.75, 3.05) is 28.7 Å². The van der Waals surface area contributed by atoms with E-state index in [2.05, 4.69) is 0 Å². The van der Waals surface area contributed by atoms with Crippen molar-refractivity contribution in [2.24, 2.45) is 5.73 Å². The van der Waals surface area contributed by atoms with Crippen molar-refractivity contribution in [2.45, 2.75) is 32.4 Å². The number of sulfonamides is 1. The molecule has 3 aromatic carbocycles. The second-order valence-corrected chi connectivity index (χ2v) is 14.3. The number of hydrogen-bond donors (Lipinski definition) is 3. The third-order valence-corrected chi connectivity index (χ3v) is 10.5. The Kier molecular flexibility index (Phi) is 8.17. The van der Waals surface area contributed by atoms with Crippen LogP contribution in [0.4, 0.5) is 5.69 Å². The fourth-order valence-electron chi connectivity index (χ4n) is 4.60. The normalized spacial score (nSPS) is 14.8. The zero-order valence-electron chi connectivity index (χ0n) is 21.9. The highest BCUT2D eigenvalue weighted by Crippen LogP contribution is 2.28. The molecule has 1 heterocycles. The summed E-state index contributed by atoms with van der Waals surface area (Å²) in [5.74, 6) is 1.06. The number of likely N-dealkylation sites (tertiary alicyclic amines) is 1. The smallest absolute Gasteiger partial charge is 0.249 e. The Morgan fingerprint density at radius 2 is 1.62 bits per heavy atom. The van der Waals surface area contributed by atoms with Crippen LogP contribution in [0, 0.1) is 10.8 Å². The topological polar surface area (TPSA) is 158 Å². The van der Waals surface area contributed by atoms with Gasteiger partial charge < -0.3 is 15.4 Å². The first-order valence-corrected chi connectivity index (χ1v) is 16.1. The molecule has 0 spiro atoms. The van der Waals surface area contributed by atoms with Crippen LogP contribution in [0.5, 0.6) is 5.75 Å². The van der Waals surface area contributed by atoms with Crippen LogP contribution in [-0.4, -0.2) is 63.9 Å². The number of nitrogens with one attached hydrogen (secondary N) is 2. The molecule has 4 rings (SSSR count). The number of sulfone groups is 1. The largest absolute Gasteiger partial charge is 0.490 e. The van der Waals surface area contributed by atoms with Gasteiger partial charge in [0.25, 0.3) is 0 Å².